The van der Waals surface area contributed by atoms with Gasteiger partial charge in [-0.15, -0.1) is 0 Å². The maximum atomic E-state index is 8.72. The maximum Gasteiger partial charge on any atom is 0.0636 e. The number of piperidine rings is 1. The van der Waals surface area contributed by atoms with Crippen LogP contribution < -0.4 is 5.32 Å². The molecule has 2 atom stereocenters. The molecule has 1 heterocycles. The van der Waals surface area contributed by atoms with Gasteiger partial charge < -0.3 is 20.4 Å². The predicted octanol–water partition coefficient (Wildman–Crippen LogP) is 0.830. The average Bonchev–Trinajstić information content (AvgIpc) is 2.30. The second-order valence-electron chi connectivity index (χ2n) is 4.85. The van der Waals surface area contributed by atoms with Gasteiger partial charge in [0.2, 0.25) is 0 Å². The van der Waals surface area contributed by atoms with Crippen LogP contribution in [-0.4, -0.2) is 60.0 Å². The number of aliphatic hydroxyl groups excluding tert-OH is 2. The zero-order valence-corrected chi connectivity index (χ0v) is 11.7. The van der Waals surface area contributed by atoms with Gasteiger partial charge in [0, 0.05) is 13.1 Å². The normalized spacial score (nSPS) is 20.3. The Kier molecular flexibility index (Phi) is 10.9. The molecule has 0 spiro atoms. The predicted molar refractivity (Wildman–Crippen MR) is 72.2 cm³/mol. The molecule has 0 radical (unpaired) electrons. The highest BCUT2D eigenvalue weighted by molar-refractivity contribution is 4.61. The van der Waals surface area contributed by atoms with Crippen LogP contribution in [0, 0.1) is 0 Å². The minimum absolute atomic E-state index is 0.330. The number of rotatable bonds is 5. The summed E-state index contributed by atoms with van der Waals surface area (Å²) in [6.07, 6.45) is 3.64. The number of hydrogen-bond acceptors (Lipinski definition) is 4. The molecule has 1 aliphatic heterocycles. The van der Waals surface area contributed by atoms with E-state index in [1.165, 1.54) is 38.9 Å². The summed E-state index contributed by atoms with van der Waals surface area (Å²) in [4.78, 5) is 2.52. The smallest absolute Gasteiger partial charge is 0.0636 e. The van der Waals surface area contributed by atoms with E-state index in [1.807, 2.05) is 0 Å². The molecular weight excluding hydrogens is 216 g/mol. The molecule has 0 amide bonds. The minimum atomic E-state index is -0.330. The van der Waals surface area contributed by atoms with Crippen molar-refractivity contribution in [3.63, 3.8) is 0 Å². The van der Waals surface area contributed by atoms with E-state index in [9.17, 15) is 0 Å². The second kappa shape index (κ2) is 11.0. The van der Waals surface area contributed by atoms with Crippen LogP contribution >= 0.6 is 0 Å². The average molecular weight is 246 g/mol. The first-order valence-corrected chi connectivity index (χ1v) is 6.85. The Hall–Kier alpha value is -0.160. The third kappa shape index (κ3) is 12.1. The number of nitrogens with zero attached hydrogens (tertiary/aromatic N) is 1. The Bertz CT molecular complexity index is 149. The molecule has 4 heteroatoms. The van der Waals surface area contributed by atoms with Crippen LogP contribution in [0.3, 0.4) is 0 Å². The molecule has 1 saturated heterocycles. The number of aliphatic hydroxyl groups is 2. The molecule has 3 N–H and O–H groups in total. The van der Waals surface area contributed by atoms with Crippen LogP contribution in [0.15, 0.2) is 0 Å². The minimum Gasteiger partial charge on any atom is -0.392 e. The number of nitrogens with one attached hydrogen (secondary N) is 1. The van der Waals surface area contributed by atoms with E-state index >= 15 is 0 Å². The highest BCUT2D eigenvalue weighted by Gasteiger charge is 2.05. The maximum absolute atomic E-state index is 8.72. The highest BCUT2D eigenvalue weighted by atomic mass is 16.3. The van der Waals surface area contributed by atoms with Crippen LogP contribution in [0.25, 0.3) is 0 Å². The van der Waals surface area contributed by atoms with E-state index in [-0.39, 0.29) is 12.2 Å². The summed E-state index contributed by atoms with van der Waals surface area (Å²) in [5.74, 6) is 0. The fourth-order valence-electron chi connectivity index (χ4n) is 1.78. The van der Waals surface area contributed by atoms with Crippen molar-refractivity contribution in [1.29, 1.82) is 0 Å². The van der Waals surface area contributed by atoms with E-state index in [0.29, 0.717) is 13.1 Å². The highest BCUT2D eigenvalue weighted by Crippen LogP contribution is 2.06. The summed E-state index contributed by atoms with van der Waals surface area (Å²) in [7, 11) is 0. The third-order valence-corrected chi connectivity index (χ3v) is 2.78. The summed E-state index contributed by atoms with van der Waals surface area (Å²) >= 11 is 0. The zero-order valence-electron chi connectivity index (χ0n) is 11.7. The Balaban J connectivity index is 0.000000302. The lowest BCUT2D eigenvalue weighted by molar-refractivity contribution is 0.164. The number of hydrogen-bond donors (Lipinski definition) is 3. The van der Waals surface area contributed by atoms with E-state index in [2.05, 4.69) is 17.1 Å². The van der Waals surface area contributed by atoms with Gasteiger partial charge in [-0.2, -0.15) is 0 Å². The molecule has 0 aromatic carbocycles. The van der Waals surface area contributed by atoms with Crippen molar-refractivity contribution >= 4 is 0 Å². The van der Waals surface area contributed by atoms with Gasteiger partial charge in [-0.25, -0.2) is 0 Å². The molecule has 1 rings (SSSR count). The van der Waals surface area contributed by atoms with Gasteiger partial charge in [0.05, 0.1) is 12.2 Å². The van der Waals surface area contributed by atoms with Gasteiger partial charge in [0.15, 0.2) is 0 Å². The van der Waals surface area contributed by atoms with Crippen molar-refractivity contribution in [2.45, 2.75) is 52.2 Å². The molecule has 104 valence electrons. The van der Waals surface area contributed by atoms with Crippen molar-refractivity contribution in [1.82, 2.24) is 10.2 Å². The molecule has 1 aliphatic rings. The first-order chi connectivity index (χ1) is 8.06. The van der Waals surface area contributed by atoms with Gasteiger partial charge in [-0.1, -0.05) is 13.3 Å². The Morgan fingerprint density at radius 3 is 1.76 bits per heavy atom. The van der Waals surface area contributed by atoms with Crippen LogP contribution in [-0.2, 0) is 0 Å². The third-order valence-electron chi connectivity index (χ3n) is 2.78. The SMILES string of the molecule is CC(O)CNCC(C)O.CCN1CCCCC1. The summed E-state index contributed by atoms with van der Waals surface area (Å²) in [5, 5.41) is 20.3. The monoisotopic (exact) mass is 246 g/mol. The standard InChI is InChI=1S/C7H15N.C6H15NO2/c1-2-8-6-4-3-5-7-8;1-5(8)3-7-4-6(2)9/h2-7H2,1H3;5-9H,3-4H2,1-2H3. The van der Waals surface area contributed by atoms with Gasteiger partial charge in [0.25, 0.3) is 0 Å². The van der Waals surface area contributed by atoms with Crippen LogP contribution in [0.4, 0.5) is 0 Å². The van der Waals surface area contributed by atoms with Gasteiger partial charge >= 0.3 is 0 Å². The molecule has 2 unspecified atom stereocenters. The van der Waals surface area contributed by atoms with Crippen molar-refractivity contribution in [2.24, 2.45) is 0 Å². The van der Waals surface area contributed by atoms with E-state index in [0.717, 1.165) is 0 Å². The lowest BCUT2D eigenvalue weighted by atomic mass is 10.1. The summed E-state index contributed by atoms with van der Waals surface area (Å²) in [6.45, 7) is 10.7. The second-order valence-corrected chi connectivity index (χ2v) is 4.85. The van der Waals surface area contributed by atoms with E-state index < -0.39 is 0 Å². The molecule has 0 aromatic rings. The molecule has 0 aromatic heterocycles. The molecule has 0 bridgehead atoms. The van der Waals surface area contributed by atoms with Gasteiger partial charge in [-0.05, 0) is 46.3 Å². The molecule has 17 heavy (non-hydrogen) atoms. The van der Waals surface area contributed by atoms with Gasteiger partial charge in [-0.3, -0.25) is 0 Å². The molecular formula is C13H30N2O2. The molecule has 0 aliphatic carbocycles. The lowest BCUT2D eigenvalue weighted by Gasteiger charge is -2.24. The molecule has 0 saturated carbocycles. The summed E-state index contributed by atoms with van der Waals surface area (Å²) in [5.41, 5.74) is 0. The zero-order chi connectivity index (χ0) is 13.1. The van der Waals surface area contributed by atoms with Crippen LogP contribution in [0.5, 0.6) is 0 Å². The topological polar surface area (TPSA) is 55.7 Å². The van der Waals surface area contributed by atoms with Crippen molar-refractivity contribution in [3.8, 4) is 0 Å². The van der Waals surface area contributed by atoms with Crippen molar-refractivity contribution in [3.05, 3.63) is 0 Å². The lowest BCUT2D eigenvalue weighted by Crippen LogP contribution is -2.30. The van der Waals surface area contributed by atoms with Crippen LogP contribution in [0.2, 0.25) is 0 Å². The summed E-state index contributed by atoms with van der Waals surface area (Å²) < 4.78 is 0. The Morgan fingerprint density at radius 2 is 1.47 bits per heavy atom. The Morgan fingerprint density at radius 1 is 1.00 bits per heavy atom. The van der Waals surface area contributed by atoms with Crippen molar-refractivity contribution in [2.75, 3.05) is 32.7 Å². The van der Waals surface area contributed by atoms with Crippen LogP contribution in [0.1, 0.15) is 40.0 Å². The van der Waals surface area contributed by atoms with Crippen molar-refractivity contribution < 1.29 is 10.2 Å². The number of likely N-dealkylation sites (tertiary alicyclic amines) is 1. The van der Waals surface area contributed by atoms with Gasteiger partial charge in [0.1, 0.15) is 0 Å². The fourth-order valence-corrected chi connectivity index (χ4v) is 1.78. The first-order valence-electron chi connectivity index (χ1n) is 6.85. The fraction of sp³-hybridized carbons (Fsp3) is 1.00. The van der Waals surface area contributed by atoms with E-state index in [4.69, 9.17) is 10.2 Å². The Labute approximate surface area is 106 Å². The quantitative estimate of drug-likeness (QED) is 0.672. The largest absolute Gasteiger partial charge is 0.392 e. The molecule has 4 nitrogen and oxygen atoms in total. The first kappa shape index (κ1) is 16.8. The summed E-state index contributed by atoms with van der Waals surface area (Å²) in [6, 6.07) is 0. The van der Waals surface area contributed by atoms with E-state index in [1.54, 1.807) is 13.8 Å². The molecule has 1 fully saturated rings.